The van der Waals surface area contributed by atoms with E-state index >= 15 is 0 Å². The average Bonchev–Trinajstić information content (AvgIpc) is 3.52. The Labute approximate surface area is 242 Å². The normalized spacial score (nSPS) is 15.2. The molecular weight excluding hydrogens is 575 g/mol. The van der Waals surface area contributed by atoms with Gasteiger partial charge in [-0.15, -0.1) is 11.8 Å². The lowest BCUT2D eigenvalue weighted by atomic mass is 9.96. The molecular formula is C29H22Cl2N2O4S2. The Morgan fingerprint density at radius 2 is 1.97 bits per heavy atom. The molecule has 2 aromatic heterocycles. The molecule has 0 N–H and O–H groups in total. The molecule has 1 unspecified atom stereocenters. The predicted molar refractivity (Wildman–Crippen MR) is 157 cm³/mol. The Morgan fingerprint density at radius 3 is 2.69 bits per heavy atom. The number of fused-ring (bicyclic) bond motifs is 1. The van der Waals surface area contributed by atoms with Gasteiger partial charge in [-0.25, -0.2) is 9.79 Å². The molecule has 6 nitrogen and oxygen atoms in total. The second-order valence-corrected chi connectivity index (χ2v) is 11.3. The number of thioether (sulfide) groups is 1. The van der Waals surface area contributed by atoms with E-state index in [2.05, 4.69) is 11.6 Å². The smallest absolute Gasteiger partial charge is 0.338 e. The van der Waals surface area contributed by atoms with Gasteiger partial charge in [0.1, 0.15) is 18.1 Å². The van der Waals surface area contributed by atoms with Crippen LogP contribution in [0.4, 0.5) is 0 Å². The number of aromatic nitrogens is 1. The summed E-state index contributed by atoms with van der Waals surface area (Å²) in [7, 11) is 0. The van der Waals surface area contributed by atoms with Crippen LogP contribution in [0.25, 0.3) is 17.4 Å². The molecule has 10 heteroatoms. The number of carbonyl (C=O) groups is 1. The van der Waals surface area contributed by atoms with Gasteiger partial charge in [0.25, 0.3) is 5.56 Å². The van der Waals surface area contributed by atoms with E-state index in [-0.39, 0.29) is 12.2 Å². The highest BCUT2D eigenvalue weighted by Crippen LogP contribution is 2.33. The number of allylic oxidation sites excluding steroid dienone is 1. The molecule has 0 amide bonds. The molecule has 0 saturated carbocycles. The molecule has 1 aliphatic rings. The van der Waals surface area contributed by atoms with Crippen LogP contribution in [0.15, 0.2) is 97.6 Å². The van der Waals surface area contributed by atoms with Crippen LogP contribution < -0.4 is 14.9 Å². The topological polar surface area (TPSA) is 73.8 Å². The lowest BCUT2D eigenvalue weighted by Crippen LogP contribution is -2.39. The third-order valence-electron chi connectivity index (χ3n) is 6.10. The van der Waals surface area contributed by atoms with Crippen molar-refractivity contribution in [3.63, 3.8) is 0 Å². The maximum Gasteiger partial charge on any atom is 0.338 e. The quantitative estimate of drug-likeness (QED) is 0.143. The van der Waals surface area contributed by atoms with Gasteiger partial charge in [-0.05, 0) is 61.2 Å². The minimum absolute atomic E-state index is 0.0512. The Morgan fingerprint density at radius 1 is 1.21 bits per heavy atom. The summed E-state index contributed by atoms with van der Waals surface area (Å²) in [5, 5.41) is 1.03. The fraction of sp³-hybridized carbons (Fsp3) is 0.138. The Kier molecular flexibility index (Phi) is 8.00. The van der Waals surface area contributed by atoms with Crippen LogP contribution in [-0.4, -0.2) is 23.4 Å². The van der Waals surface area contributed by atoms with Crippen molar-refractivity contribution in [2.24, 2.45) is 4.99 Å². The lowest BCUT2D eigenvalue weighted by molar-refractivity contribution is -0.138. The molecule has 0 aliphatic carbocycles. The van der Waals surface area contributed by atoms with Gasteiger partial charge < -0.3 is 9.15 Å². The number of benzene rings is 2. The van der Waals surface area contributed by atoms with Crippen LogP contribution in [0.3, 0.4) is 0 Å². The Balaban J connectivity index is 1.63. The molecule has 198 valence electrons. The molecule has 0 radical (unpaired) electrons. The molecule has 0 saturated heterocycles. The molecule has 0 spiro atoms. The zero-order chi connectivity index (χ0) is 27.7. The first-order valence-electron chi connectivity index (χ1n) is 11.8. The van der Waals surface area contributed by atoms with Crippen LogP contribution in [0, 0.1) is 0 Å². The van der Waals surface area contributed by atoms with E-state index in [1.807, 2.05) is 30.5 Å². The van der Waals surface area contributed by atoms with Crippen LogP contribution in [0.1, 0.15) is 24.3 Å². The summed E-state index contributed by atoms with van der Waals surface area (Å²) < 4.78 is 13.3. The third kappa shape index (κ3) is 5.43. The fourth-order valence-corrected chi connectivity index (χ4v) is 6.11. The number of carbonyl (C=O) groups excluding carboxylic acids is 1. The highest BCUT2D eigenvalue weighted by atomic mass is 35.5. The van der Waals surface area contributed by atoms with Crippen molar-refractivity contribution >= 4 is 58.3 Å². The number of nitrogens with zero attached hydrogens (tertiary/aromatic N) is 2. The van der Waals surface area contributed by atoms with Crippen molar-refractivity contribution in [2.75, 3.05) is 12.9 Å². The summed E-state index contributed by atoms with van der Waals surface area (Å²) in [5.74, 6) is 0.448. The lowest BCUT2D eigenvalue weighted by Gasteiger charge is -2.24. The van der Waals surface area contributed by atoms with Gasteiger partial charge in [0.05, 0.1) is 26.9 Å². The van der Waals surface area contributed by atoms with E-state index in [0.29, 0.717) is 47.7 Å². The van der Waals surface area contributed by atoms with Crippen LogP contribution in [-0.2, 0) is 9.53 Å². The highest BCUT2D eigenvalue weighted by Gasteiger charge is 2.33. The number of rotatable bonds is 7. The number of ether oxygens (including phenoxy) is 1. The Bertz CT molecular complexity index is 1800. The second kappa shape index (κ2) is 11.4. The molecule has 4 aromatic rings. The number of furan rings is 1. The standard InChI is InChI=1S/C29H22Cl2N2O4S2/c1-4-13-36-28(35)25-16(2)32-29-33(26(25)17-5-9-20(38-3)10-6-17)27(34)24(39-29)15-19-8-12-23(37-19)21-14-18(30)7-11-22(21)31/h4-12,14-15,26H,1,13H2,2-3H3. The number of halogens is 2. The number of esters is 1. The second-order valence-electron chi connectivity index (χ2n) is 8.57. The Hall–Kier alpha value is -3.30. The highest BCUT2D eigenvalue weighted by molar-refractivity contribution is 7.98. The van der Waals surface area contributed by atoms with E-state index in [1.54, 1.807) is 59.7 Å². The summed E-state index contributed by atoms with van der Waals surface area (Å²) >= 11 is 15.3. The molecule has 5 rings (SSSR count). The van der Waals surface area contributed by atoms with Crippen molar-refractivity contribution in [3.05, 3.63) is 120 Å². The van der Waals surface area contributed by atoms with Crippen molar-refractivity contribution in [1.29, 1.82) is 0 Å². The van der Waals surface area contributed by atoms with E-state index in [0.717, 1.165) is 10.5 Å². The van der Waals surface area contributed by atoms with Gasteiger partial charge in [-0.2, -0.15) is 0 Å². The molecule has 0 fully saturated rings. The summed E-state index contributed by atoms with van der Waals surface area (Å²) in [6.07, 6.45) is 5.15. The molecule has 39 heavy (non-hydrogen) atoms. The number of thiazole rings is 1. The van der Waals surface area contributed by atoms with E-state index in [1.165, 1.54) is 17.4 Å². The third-order valence-corrected chi connectivity index (χ3v) is 8.39. The van der Waals surface area contributed by atoms with E-state index < -0.39 is 12.0 Å². The SMILES string of the molecule is C=CCOC(=O)C1=C(C)N=c2sc(=Cc3ccc(-c4cc(Cl)ccc4Cl)o3)c(=O)n2C1c1ccc(SC)cc1. The van der Waals surface area contributed by atoms with Gasteiger partial charge in [-0.3, -0.25) is 9.36 Å². The van der Waals surface area contributed by atoms with Crippen LogP contribution >= 0.6 is 46.3 Å². The van der Waals surface area contributed by atoms with Crippen molar-refractivity contribution in [2.45, 2.75) is 17.9 Å². The fourth-order valence-electron chi connectivity index (χ4n) is 4.29. The molecule has 1 aliphatic heterocycles. The van der Waals surface area contributed by atoms with Crippen LogP contribution in [0.5, 0.6) is 0 Å². The van der Waals surface area contributed by atoms with Crippen molar-refractivity contribution in [1.82, 2.24) is 4.57 Å². The van der Waals surface area contributed by atoms with Crippen molar-refractivity contribution < 1.29 is 13.9 Å². The minimum atomic E-state index is -0.700. The van der Waals surface area contributed by atoms with Gasteiger partial charge in [0, 0.05) is 21.6 Å². The maximum atomic E-state index is 13.8. The summed E-state index contributed by atoms with van der Waals surface area (Å²) in [4.78, 5) is 33.1. The molecule has 2 aromatic carbocycles. The van der Waals surface area contributed by atoms with E-state index in [9.17, 15) is 9.59 Å². The van der Waals surface area contributed by atoms with Gasteiger partial charge in [0.15, 0.2) is 4.80 Å². The van der Waals surface area contributed by atoms with Gasteiger partial charge >= 0.3 is 5.97 Å². The maximum absolute atomic E-state index is 13.8. The number of hydrogen-bond acceptors (Lipinski definition) is 7. The zero-order valence-corrected chi connectivity index (χ0v) is 24.1. The first-order valence-corrected chi connectivity index (χ1v) is 14.6. The first-order chi connectivity index (χ1) is 18.8. The number of hydrogen-bond donors (Lipinski definition) is 0. The van der Waals surface area contributed by atoms with Gasteiger partial charge in [0.2, 0.25) is 0 Å². The molecule has 0 bridgehead atoms. The monoisotopic (exact) mass is 596 g/mol. The largest absolute Gasteiger partial charge is 0.458 e. The summed E-state index contributed by atoms with van der Waals surface area (Å²) in [6, 6.07) is 15.7. The average molecular weight is 598 g/mol. The summed E-state index contributed by atoms with van der Waals surface area (Å²) in [6.45, 7) is 5.42. The van der Waals surface area contributed by atoms with Gasteiger partial charge in [-0.1, -0.05) is 59.3 Å². The minimum Gasteiger partial charge on any atom is -0.458 e. The zero-order valence-electron chi connectivity index (χ0n) is 20.9. The molecule has 1 atom stereocenters. The van der Waals surface area contributed by atoms with Crippen molar-refractivity contribution in [3.8, 4) is 11.3 Å². The first kappa shape index (κ1) is 27.3. The summed E-state index contributed by atoms with van der Waals surface area (Å²) in [5.41, 5.74) is 1.93. The van der Waals surface area contributed by atoms with Crippen LogP contribution in [0.2, 0.25) is 10.0 Å². The van der Waals surface area contributed by atoms with E-state index in [4.69, 9.17) is 32.4 Å². The molecule has 3 heterocycles. The predicted octanol–water partition coefficient (Wildman–Crippen LogP) is 6.25.